The number of phenolic OH excluding ortho intramolecular Hbond substituents is 1. The first-order valence-corrected chi connectivity index (χ1v) is 10.0. The lowest BCUT2D eigenvalue weighted by Crippen LogP contribution is -2.50. The number of amides is 1. The molecule has 1 N–H and O–H groups in total. The number of hydrogen-bond donors (Lipinski definition) is 1. The monoisotopic (exact) mass is 414 g/mol. The summed E-state index contributed by atoms with van der Waals surface area (Å²) < 4.78 is 26.9. The van der Waals surface area contributed by atoms with Gasteiger partial charge in [-0.05, 0) is 24.3 Å². The predicted molar refractivity (Wildman–Crippen MR) is 99.2 cm³/mol. The van der Waals surface area contributed by atoms with Crippen molar-refractivity contribution >= 4 is 39.1 Å². The van der Waals surface area contributed by atoms with Crippen molar-refractivity contribution in [2.45, 2.75) is 4.90 Å². The third kappa shape index (κ3) is 3.53. The van der Waals surface area contributed by atoms with Crippen molar-refractivity contribution in [3.8, 4) is 5.75 Å². The van der Waals surface area contributed by atoms with Gasteiger partial charge in [-0.15, -0.1) is 0 Å². The summed E-state index contributed by atoms with van der Waals surface area (Å²) >= 11 is 12.1. The minimum absolute atomic E-state index is 0.0604. The van der Waals surface area contributed by atoms with Crippen LogP contribution in [0.1, 0.15) is 10.4 Å². The lowest BCUT2D eigenvalue weighted by Gasteiger charge is -2.34. The largest absolute Gasteiger partial charge is 0.507 e. The van der Waals surface area contributed by atoms with E-state index in [0.29, 0.717) is 0 Å². The van der Waals surface area contributed by atoms with E-state index in [1.807, 2.05) is 0 Å². The van der Waals surface area contributed by atoms with Crippen LogP contribution in [0.4, 0.5) is 0 Å². The van der Waals surface area contributed by atoms with Crippen LogP contribution in [0.3, 0.4) is 0 Å². The maximum atomic E-state index is 12.8. The molecular formula is C17H16Cl2N2O4S. The van der Waals surface area contributed by atoms with E-state index in [2.05, 4.69) is 0 Å². The Morgan fingerprint density at radius 2 is 1.50 bits per heavy atom. The molecule has 1 amide bonds. The molecule has 0 aliphatic carbocycles. The third-order valence-electron chi connectivity index (χ3n) is 4.18. The quantitative estimate of drug-likeness (QED) is 0.837. The van der Waals surface area contributed by atoms with E-state index < -0.39 is 10.0 Å². The lowest BCUT2D eigenvalue weighted by atomic mass is 10.1. The number of para-hydroxylation sites is 1. The van der Waals surface area contributed by atoms with E-state index >= 15 is 0 Å². The normalized spacial score (nSPS) is 15.8. The Balaban J connectivity index is 1.76. The van der Waals surface area contributed by atoms with Crippen LogP contribution in [0.2, 0.25) is 10.0 Å². The molecule has 0 unspecified atom stereocenters. The van der Waals surface area contributed by atoms with Gasteiger partial charge in [0.2, 0.25) is 10.0 Å². The molecule has 6 nitrogen and oxygen atoms in total. The molecule has 26 heavy (non-hydrogen) atoms. The van der Waals surface area contributed by atoms with E-state index in [0.717, 1.165) is 0 Å². The Kier molecular flexibility index (Phi) is 5.43. The van der Waals surface area contributed by atoms with Crippen molar-refractivity contribution in [2.24, 2.45) is 0 Å². The van der Waals surface area contributed by atoms with Crippen molar-refractivity contribution in [1.82, 2.24) is 9.21 Å². The van der Waals surface area contributed by atoms with Gasteiger partial charge in [-0.1, -0.05) is 41.4 Å². The number of carbonyl (C=O) groups excluding carboxylic acids is 1. The van der Waals surface area contributed by atoms with Crippen LogP contribution in [-0.2, 0) is 10.0 Å². The molecule has 138 valence electrons. The van der Waals surface area contributed by atoms with Crippen LogP contribution < -0.4 is 0 Å². The van der Waals surface area contributed by atoms with E-state index in [-0.39, 0.29) is 58.3 Å². The molecule has 2 aromatic rings. The van der Waals surface area contributed by atoms with Crippen LogP contribution in [0.15, 0.2) is 47.4 Å². The third-order valence-corrected chi connectivity index (χ3v) is 7.03. The molecule has 0 saturated carbocycles. The average molecular weight is 415 g/mol. The fraction of sp³-hybridized carbons (Fsp3) is 0.235. The second kappa shape index (κ2) is 7.44. The zero-order valence-corrected chi connectivity index (χ0v) is 15.9. The number of benzene rings is 2. The Morgan fingerprint density at radius 3 is 2.08 bits per heavy atom. The van der Waals surface area contributed by atoms with E-state index in [4.69, 9.17) is 23.2 Å². The molecule has 3 rings (SSSR count). The highest BCUT2D eigenvalue weighted by molar-refractivity contribution is 7.89. The highest BCUT2D eigenvalue weighted by Gasteiger charge is 2.33. The first-order chi connectivity index (χ1) is 12.3. The number of rotatable bonds is 3. The summed E-state index contributed by atoms with van der Waals surface area (Å²) in [6.45, 7) is 0.634. The number of aromatic hydroxyl groups is 1. The Morgan fingerprint density at radius 1 is 0.923 bits per heavy atom. The van der Waals surface area contributed by atoms with Gasteiger partial charge in [0.25, 0.3) is 5.91 Å². The van der Waals surface area contributed by atoms with E-state index in [1.54, 1.807) is 18.2 Å². The smallest absolute Gasteiger partial charge is 0.257 e. The molecule has 2 aromatic carbocycles. The molecule has 1 saturated heterocycles. The maximum Gasteiger partial charge on any atom is 0.257 e. The van der Waals surface area contributed by atoms with Gasteiger partial charge < -0.3 is 10.0 Å². The van der Waals surface area contributed by atoms with Crippen LogP contribution in [0.25, 0.3) is 0 Å². The summed E-state index contributed by atoms with van der Waals surface area (Å²) in [5.74, 6) is -0.439. The summed E-state index contributed by atoms with van der Waals surface area (Å²) in [6.07, 6.45) is 0. The molecule has 0 aromatic heterocycles. The number of piperazine rings is 1. The molecule has 0 atom stereocenters. The second-order valence-electron chi connectivity index (χ2n) is 5.76. The van der Waals surface area contributed by atoms with Crippen molar-refractivity contribution in [3.63, 3.8) is 0 Å². The molecule has 1 aliphatic heterocycles. The average Bonchev–Trinajstić information content (AvgIpc) is 2.61. The van der Waals surface area contributed by atoms with E-state index in [9.17, 15) is 18.3 Å². The predicted octanol–water partition coefficient (Wildman–Crippen LogP) is 2.85. The number of halogens is 2. The van der Waals surface area contributed by atoms with Crippen molar-refractivity contribution < 1.29 is 18.3 Å². The Bertz CT molecular complexity index is 921. The van der Waals surface area contributed by atoms with Crippen molar-refractivity contribution in [1.29, 1.82) is 0 Å². The van der Waals surface area contributed by atoms with Gasteiger partial charge in [-0.3, -0.25) is 4.79 Å². The zero-order valence-electron chi connectivity index (χ0n) is 13.6. The molecule has 9 heteroatoms. The molecule has 0 bridgehead atoms. The number of hydrogen-bond acceptors (Lipinski definition) is 4. The van der Waals surface area contributed by atoms with Gasteiger partial charge >= 0.3 is 0 Å². The molecule has 1 fully saturated rings. The molecule has 1 heterocycles. The minimum Gasteiger partial charge on any atom is -0.507 e. The van der Waals surface area contributed by atoms with Crippen LogP contribution in [-0.4, -0.2) is 54.8 Å². The van der Waals surface area contributed by atoms with Crippen LogP contribution in [0, 0.1) is 0 Å². The summed E-state index contributed by atoms with van der Waals surface area (Å²) in [5.41, 5.74) is 0.193. The molecule has 0 radical (unpaired) electrons. The number of sulfonamides is 1. The highest BCUT2D eigenvalue weighted by atomic mass is 35.5. The van der Waals surface area contributed by atoms with Gasteiger partial charge in [0.05, 0.1) is 15.6 Å². The summed E-state index contributed by atoms with van der Waals surface area (Å²) in [6, 6.07) is 10.8. The topological polar surface area (TPSA) is 77.9 Å². The zero-order chi connectivity index (χ0) is 18.9. The standard InChI is InChI=1S/C17H16Cl2N2O4S/c18-13-5-3-6-14(19)16(13)26(24,25)21-10-8-20(9-11-21)17(23)12-4-1-2-7-15(12)22/h1-7,22H,8-11H2. The van der Waals surface area contributed by atoms with Crippen LogP contribution in [0.5, 0.6) is 5.75 Å². The number of nitrogens with zero attached hydrogens (tertiary/aromatic N) is 2. The number of phenols is 1. The van der Waals surface area contributed by atoms with Gasteiger partial charge in [0, 0.05) is 26.2 Å². The fourth-order valence-electron chi connectivity index (χ4n) is 2.81. The summed E-state index contributed by atoms with van der Waals surface area (Å²) in [4.78, 5) is 13.9. The Hall–Kier alpha value is -1.80. The van der Waals surface area contributed by atoms with Crippen molar-refractivity contribution in [3.05, 3.63) is 58.1 Å². The minimum atomic E-state index is -3.86. The summed E-state index contributed by atoms with van der Waals surface area (Å²) in [7, 11) is -3.86. The van der Waals surface area contributed by atoms with Gasteiger partial charge in [-0.25, -0.2) is 8.42 Å². The fourth-order valence-corrected chi connectivity index (χ4v) is 5.33. The molecular weight excluding hydrogens is 399 g/mol. The van der Waals surface area contributed by atoms with Crippen molar-refractivity contribution in [2.75, 3.05) is 26.2 Å². The lowest BCUT2D eigenvalue weighted by molar-refractivity contribution is 0.0695. The maximum absolute atomic E-state index is 12.8. The SMILES string of the molecule is O=C(c1ccccc1O)N1CCN(S(=O)(=O)c2c(Cl)cccc2Cl)CC1. The first-order valence-electron chi connectivity index (χ1n) is 7.84. The Labute approximate surface area is 161 Å². The highest BCUT2D eigenvalue weighted by Crippen LogP contribution is 2.32. The summed E-state index contributed by atoms with van der Waals surface area (Å²) in [5, 5.41) is 9.94. The van der Waals surface area contributed by atoms with Gasteiger partial charge in [0.1, 0.15) is 10.6 Å². The second-order valence-corrected chi connectivity index (χ2v) is 8.45. The van der Waals surface area contributed by atoms with Gasteiger partial charge in [-0.2, -0.15) is 4.31 Å². The van der Waals surface area contributed by atoms with Crippen LogP contribution >= 0.6 is 23.2 Å². The first kappa shape index (κ1) is 19.0. The van der Waals surface area contributed by atoms with E-state index in [1.165, 1.54) is 33.5 Å². The van der Waals surface area contributed by atoms with Gasteiger partial charge in [0.15, 0.2) is 0 Å². The molecule has 1 aliphatic rings. The number of carbonyl (C=O) groups is 1. The molecule has 0 spiro atoms.